The van der Waals surface area contributed by atoms with Crippen LogP contribution in [-0.2, 0) is 4.74 Å². The highest BCUT2D eigenvalue weighted by molar-refractivity contribution is 4.92. The minimum Gasteiger partial charge on any atom is -0.394 e. The molecule has 1 aliphatic heterocycles. The first-order valence-corrected chi connectivity index (χ1v) is 4.79. The highest BCUT2D eigenvalue weighted by atomic mass is 16.5. The van der Waals surface area contributed by atoms with Gasteiger partial charge in [-0.15, -0.1) is 0 Å². The average Bonchev–Trinajstić information content (AvgIpc) is 2.14. The molecule has 0 aromatic rings. The molecule has 0 spiro atoms. The number of hydrogen-bond donors (Lipinski definition) is 4. The van der Waals surface area contributed by atoms with Gasteiger partial charge in [0.2, 0.25) is 0 Å². The van der Waals surface area contributed by atoms with Crippen molar-refractivity contribution in [3.63, 3.8) is 0 Å². The second kappa shape index (κ2) is 4.55. The Morgan fingerprint density at radius 3 is 2.07 bits per heavy atom. The number of ether oxygens (including phenoxy) is 1. The molecule has 1 aliphatic rings. The van der Waals surface area contributed by atoms with E-state index in [2.05, 4.69) is 0 Å². The summed E-state index contributed by atoms with van der Waals surface area (Å²) < 4.78 is 5.28. The molecule has 4 N–H and O–H groups in total. The number of hydrogen-bond acceptors (Lipinski definition) is 5. The molecule has 5 nitrogen and oxygen atoms in total. The molecular weight excluding hydrogens is 188 g/mol. The molecule has 84 valence electrons. The van der Waals surface area contributed by atoms with Crippen LogP contribution in [-0.4, -0.2) is 57.6 Å². The number of aliphatic hydroxyl groups is 4. The predicted molar refractivity (Wildman–Crippen MR) is 48.6 cm³/mol. The lowest BCUT2D eigenvalue weighted by Crippen LogP contribution is -2.59. The van der Waals surface area contributed by atoms with Crippen molar-refractivity contribution in [3.8, 4) is 0 Å². The maximum atomic E-state index is 9.57. The van der Waals surface area contributed by atoms with Gasteiger partial charge in [0, 0.05) is 0 Å². The number of rotatable bonds is 2. The van der Waals surface area contributed by atoms with Crippen LogP contribution in [0, 0.1) is 5.92 Å². The molecule has 0 aromatic heterocycles. The predicted octanol–water partition coefficient (Wildman–Crippen LogP) is -1.52. The van der Waals surface area contributed by atoms with Crippen molar-refractivity contribution in [2.45, 2.75) is 44.4 Å². The maximum Gasteiger partial charge on any atom is 0.111 e. The third-order valence-corrected chi connectivity index (χ3v) is 2.59. The summed E-state index contributed by atoms with van der Waals surface area (Å²) in [5.74, 6) is 0.0150. The van der Waals surface area contributed by atoms with Crippen LogP contribution >= 0.6 is 0 Å². The van der Waals surface area contributed by atoms with E-state index in [0.29, 0.717) is 0 Å². The van der Waals surface area contributed by atoms with Crippen molar-refractivity contribution in [1.29, 1.82) is 0 Å². The van der Waals surface area contributed by atoms with Gasteiger partial charge < -0.3 is 25.2 Å². The Kier molecular flexibility index (Phi) is 3.86. The maximum absolute atomic E-state index is 9.57. The Balaban J connectivity index is 2.73. The van der Waals surface area contributed by atoms with E-state index >= 15 is 0 Å². The standard InChI is InChI=1S/C9H18O5/c1-4(2)9-8(13)7(12)6(11)5(3-10)14-9/h4-13H,3H2,1-2H3/t5?,6-,7?,8+,9+/m1/s1. The van der Waals surface area contributed by atoms with Crippen molar-refractivity contribution < 1.29 is 25.2 Å². The van der Waals surface area contributed by atoms with Gasteiger partial charge >= 0.3 is 0 Å². The van der Waals surface area contributed by atoms with Crippen LogP contribution in [0.3, 0.4) is 0 Å². The zero-order valence-corrected chi connectivity index (χ0v) is 8.37. The summed E-state index contributed by atoms with van der Waals surface area (Å²) in [6.45, 7) is 3.31. The fourth-order valence-corrected chi connectivity index (χ4v) is 1.68. The normalized spacial score (nSPS) is 44.4. The average molecular weight is 206 g/mol. The van der Waals surface area contributed by atoms with Crippen molar-refractivity contribution in [3.05, 3.63) is 0 Å². The number of aliphatic hydroxyl groups excluding tert-OH is 4. The van der Waals surface area contributed by atoms with Gasteiger partial charge in [0.05, 0.1) is 12.7 Å². The van der Waals surface area contributed by atoms with Crippen molar-refractivity contribution in [2.75, 3.05) is 6.61 Å². The lowest BCUT2D eigenvalue weighted by atomic mass is 9.90. The quantitative estimate of drug-likeness (QED) is 0.441. The Bertz CT molecular complexity index is 182. The van der Waals surface area contributed by atoms with Gasteiger partial charge in [0.15, 0.2) is 0 Å². The van der Waals surface area contributed by atoms with Gasteiger partial charge in [-0.25, -0.2) is 0 Å². The Hall–Kier alpha value is -0.200. The molecule has 0 aliphatic carbocycles. The van der Waals surface area contributed by atoms with Crippen molar-refractivity contribution in [2.24, 2.45) is 5.92 Å². The second-order valence-electron chi connectivity index (χ2n) is 4.04. The van der Waals surface area contributed by atoms with Crippen molar-refractivity contribution in [1.82, 2.24) is 0 Å². The summed E-state index contributed by atoms with van der Waals surface area (Å²) in [7, 11) is 0. The molecule has 1 heterocycles. The highest BCUT2D eigenvalue weighted by Gasteiger charge is 2.44. The first kappa shape index (κ1) is 11.9. The van der Waals surface area contributed by atoms with E-state index in [1.165, 1.54) is 0 Å². The van der Waals surface area contributed by atoms with E-state index < -0.39 is 30.5 Å². The summed E-state index contributed by atoms with van der Waals surface area (Å²) in [6, 6.07) is 0. The van der Waals surface area contributed by atoms with E-state index in [9.17, 15) is 15.3 Å². The van der Waals surface area contributed by atoms with E-state index in [0.717, 1.165) is 0 Å². The summed E-state index contributed by atoms with van der Waals surface area (Å²) in [5, 5.41) is 37.4. The van der Waals surface area contributed by atoms with E-state index in [1.807, 2.05) is 13.8 Å². The smallest absolute Gasteiger partial charge is 0.111 e. The molecular formula is C9H18O5. The van der Waals surface area contributed by atoms with Gasteiger partial charge in [-0.3, -0.25) is 0 Å². The lowest BCUT2D eigenvalue weighted by molar-refractivity contribution is -0.238. The zero-order chi connectivity index (χ0) is 10.9. The summed E-state index contributed by atoms with van der Waals surface area (Å²) >= 11 is 0. The topological polar surface area (TPSA) is 90.2 Å². The van der Waals surface area contributed by atoms with Crippen LogP contribution in [0.1, 0.15) is 13.8 Å². The molecule has 2 unspecified atom stereocenters. The van der Waals surface area contributed by atoms with Gasteiger partial charge in [-0.05, 0) is 5.92 Å². The zero-order valence-electron chi connectivity index (χ0n) is 8.37. The Morgan fingerprint density at radius 2 is 1.64 bits per heavy atom. The molecule has 0 amide bonds. The lowest BCUT2D eigenvalue weighted by Gasteiger charge is -2.41. The first-order valence-electron chi connectivity index (χ1n) is 4.79. The van der Waals surface area contributed by atoms with Crippen LogP contribution in [0.15, 0.2) is 0 Å². The summed E-state index contributed by atoms with van der Waals surface area (Å²) in [5.41, 5.74) is 0. The molecule has 0 radical (unpaired) electrons. The SMILES string of the molecule is CC(C)[C@@H]1OC(CO)[C@@H](O)C(O)[C@@H]1O. The largest absolute Gasteiger partial charge is 0.394 e. The molecule has 14 heavy (non-hydrogen) atoms. The molecule has 0 aromatic carbocycles. The van der Waals surface area contributed by atoms with Crippen LogP contribution in [0.4, 0.5) is 0 Å². The Morgan fingerprint density at radius 1 is 1.07 bits per heavy atom. The molecule has 5 atom stereocenters. The molecule has 1 saturated heterocycles. The molecule has 0 bridgehead atoms. The molecule has 0 saturated carbocycles. The molecule has 1 rings (SSSR count). The fourth-order valence-electron chi connectivity index (χ4n) is 1.68. The minimum absolute atomic E-state index is 0.0150. The second-order valence-corrected chi connectivity index (χ2v) is 4.04. The van der Waals surface area contributed by atoms with Crippen LogP contribution in [0.2, 0.25) is 0 Å². The van der Waals surface area contributed by atoms with Crippen molar-refractivity contribution >= 4 is 0 Å². The van der Waals surface area contributed by atoms with Crippen LogP contribution in [0.5, 0.6) is 0 Å². The van der Waals surface area contributed by atoms with Crippen LogP contribution < -0.4 is 0 Å². The molecule has 1 fully saturated rings. The van der Waals surface area contributed by atoms with Gasteiger partial charge in [0.25, 0.3) is 0 Å². The van der Waals surface area contributed by atoms with E-state index in [1.54, 1.807) is 0 Å². The monoisotopic (exact) mass is 206 g/mol. The first-order chi connectivity index (χ1) is 6.49. The van der Waals surface area contributed by atoms with Gasteiger partial charge in [-0.1, -0.05) is 13.8 Å². The van der Waals surface area contributed by atoms with E-state index in [-0.39, 0.29) is 12.5 Å². The van der Waals surface area contributed by atoms with E-state index in [4.69, 9.17) is 9.84 Å². The van der Waals surface area contributed by atoms with Gasteiger partial charge in [0.1, 0.15) is 24.4 Å². The minimum atomic E-state index is -1.26. The summed E-state index contributed by atoms with van der Waals surface area (Å²) in [4.78, 5) is 0. The highest BCUT2D eigenvalue weighted by Crippen LogP contribution is 2.25. The van der Waals surface area contributed by atoms with Crippen LogP contribution in [0.25, 0.3) is 0 Å². The summed E-state index contributed by atoms with van der Waals surface area (Å²) in [6.07, 6.45) is -4.96. The Labute approximate surface area is 82.9 Å². The fraction of sp³-hybridized carbons (Fsp3) is 1.00. The third kappa shape index (κ3) is 2.07. The molecule has 5 heteroatoms. The van der Waals surface area contributed by atoms with Gasteiger partial charge in [-0.2, -0.15) is 0 Å². The third-order valence-electron chi connectivity index (χ3n) is 2.59.